The van der Waals surface area contributed by atoms with Crippen molar-refractivity contribution < 1.29 is 4.39 Å². The fourth-order valence-corrected chi connectivity index (χ4v) is 4.59. The Morgan fingerprint density at radius 1 is 0.960 bits per heavy atom. The van der Waals surface area contributed by atoms with Crippen molar-refractivity contribution in [2.75, 3.05) is 64.3 Å². The number of hydrogen-bond acceptors (Lipinski definition) is 4. The number of likely N-dealkylation sites (N-methyl/N-ethyl adjacent to an activating group) is 1. The Labute approximate surface area is 151 Å². The zero-order valence-corrected chi connectivity index (χ0v) is 15.4. The molecule has 25 heavy (non-hydrogen) atoms. The average molecular weight is 346 g/mol. The van der Waals surface area contributed by atoms with Gasteiger partial charge in [-0.25, -0.2) is 4.39 Å². The lowest BCUT2D eigenvalue weighted by molar-refractivity contribution is 0.00890. The van der Waals surface area contributed by atoms with Gasteiger partial charge in [0.1, 0.15) is 5.82 Å². The van der Waals surface area contributed by atoms with E-state index in [9.17, 15) is 4.39 Å². The molecule has 0 bridgehead atoms. The van der Waals surface area contributed by atoms with Crippen molar-refractivity contribution in [1.29, 1.82) is 0 Å². The standard InChI is InChI=1S/C20H31FN4/c1-22-9-3-2-4-19(22)14-23-15-20(16-23)25-12-10-24(11-13-25)18-7-5-17(21)6-8-18/h5-8,19-20H,2-4,9-16H2,1H3. The maximum atomic E-state index is 13.1. The zero-order valence-electron chi connectivity index (χ0n) is 15.4. The number of piperazine rings is 1. The maximum Gasteiger partial charge on any atom is 0.123 e. The summed E-state index contributed by atoms with van der Waals surface area (Å²) in [7, 11) is 2.29. The first-order valence-corrected chi connectivity index (χ1v) is 9.86. The predicted octanol–water partition coefficient (Wildman–Crippen LogP) is 2.12. The molecule has 0 amide bonds. The fraction of sp³-hybridized carbons (Fsp3) is 0.700. The third-order valence-corrected chi connectivity index (χ3v) is 6.35. The number of rotatable bonds is 4. The molecule has 3 saturated heterocycles. The third kappa shape index (κ3) is 3.99. The second kappa shape index (κ2) is 7.60. The van der Waals surface area contributed by atoms with Gasteiger partial charge in [-0.3, -0.25) is 9.80 Å². The Hall–Kier alpha value is -1.17. The van der Waals surface area contributed by atoms with E-state index in [4.69, 9.17) is 0 Å². The summed E-state index contributed by atoms with van der Waals surface area (Å²) in [6, 6.07) is 8.43. The summed E-state index contributed by atoms with van der Waals surface area (Å²) < 4.78 is 13.1. The summed E-state index contributed by atoms with van der Waals surface area (Å²) in [6.45, 7) is 9.34. The van der Waals surface area contributed by atoms with Gasteiger partial charge in [-0.1, -0.05) is 6.42 Å². The molecular formula is C20H31FN4. The minimum absolute atomic E-state index is 0.152. The van der Waals surface area contributed by atoms with Crippen molar-refractivity contribution in [1.82, 2.24) is 14.7 Å². The van der Waals surface area contributed by atoms with Crippen molar-refractivity contribution in [3.8, 4) is 0 Å². The largest absolute Gasteiger partial charge is 0.369 e. The Balaban J connectivity index is 1.20. The molecule has 1 aromatic rings. The van der Waals surface area contributed by atoms with Crippen LogP contribution in [-0.2, 0) is 0 Å². The second-order valence-electron chi connectivity index (χ2n) is 8.00. The topological polar surface area (TPSA) is 13.0 Å². The lowest BCUT2D eigenvalue weighted by atomic mass is 9.99. The summed E-state index contributed by atoms with van der Waals surface area (Å²) in [6.07, 6.45) is 4.14. The molecule has 4 nitrogen and oxygen atoms in total. The molecule has 0 aromatic heterocycles. The van der Waals surface area contributed by atoms with Crippen LogP contribution < -0.4 is 4.90 Å². The van der Waals surface area contributed by atoms with Crippen LogP contribution >= 0.6 is 0 Å². The summed E-state index contributed by atoms with van der Waals surface area (Å²) in [5, 5.41) is 0. The second-order valence-corrected chi connectivity index (χ2v) is 8.00. The van der Waals surface area contributed by atoms with Crippen molar-refractivity contribution in [3.05, 3.63) is 30.1 Å². The van der Waals surface area contributed by atoms with E-state index in [1.54, 1.807) is 12.1 Å². The molecule has 1 unspecified atom stereocenters. The van der Waals surface area contributed by atoms with Gasteiger partial charge in [0, 0.05) is 63.6 Å². The molecule has 3 aliphatic heterocycles. The van der Waals surface area contributed by atoms with E-state index in [-0.39, 0.29) is 5.82 Å². The van der Waals surface area contributed by atoms with Crippen LogP contribution in [0.15, 0.2) is 24.3 Å². The highest BCUT2D eigenvalue weighted by Crippen LogP contribution is 2.23. The Morgan fingerprint density at radius 3 is 2.36 bits per heavy atom. The van der Waals surface area contributed by atoms with Crippen LogP contribution in [0.5, 0.6) is 0 Å². The number of hydrogen-bond donors (Lipinski definition) is 0. The first-order chi connectivity index (χ1) is 12.2. The Bertz CT molecular complexity index is 549. The molecule has 5 heteroatoms. The zero-order chi connectivity index (χ0) is 17.2. The van der Waals surface area contributed by atoms with Crippen molar-refractivity contribution in [2.24, 2.45) is 0 Å². The van der Waals surface area contributed by atoms with Crippen LogP contribution in [0.25, 0.3) is 0 Å². The van der Waals surface area contributed by atoms with Crippen LogP contribution in [0, 0.1) is 5.82 Å². The molecule has 0 spiro atoms. The number of anilines is 1. The molecule has 0 N–H and O–H groups in total. The minimum atomic E-state index is -0.152. The van der Waals surface area contributed by atoms with E-state index >= 15 is 0 Å². The number of likely N-dealkylation sites (tertiary alicyclic amines) is 2. The van der Waals surface area contributed by atoms with E-state index in [1.165, 1.54) is 45.4 Å². The van der Waals surface area contributed by atoms with Crippen LogP contribution in [0.1, 0.15) is 19.3 Å². The van der Waals surface area contributed by atoms with Gasteiger partial charge in [0.05, 0.1) is 0 Å². The molecular weight excluding hydrogens is 315 g/mol. The first kappa shape index (κ1) is 17.3. The lowest BCUT2D eigenvalue weighted by Gasteiger charge is -2.50. The smallest absolute Gasteiger partial charge is 0.123 e. The molecule has 1 atom stereocenters. The summed E-state index contributed by atoms with van der Waals surface area (Å²) in [4.78, 5) is 10.2. The van der Waals surface area contributed by atoms with E-state index in [2.05, 4.69) is 26.6 Å². The normalized spacial score (nSPS) is 27.4. The van der Waals surface area contributed by atoms with Gasteiger partial charge in [0.25, 0.3) is 0 Å². The van der Waals surface area contributed by atoms with Crippen LogP contribution in [-0.4, -0.2) is 86.2 Å². The van der Waals surface area contributed by atoms with E-state index in [0.29, 0.717) is 0 Å². The molecule has 0 saturated carbocycles. The highest BCUT2D eigenvalue weighted by Gasteiger charge is 2.35. The number of halogens is 1. The number of piperidine rings is 1. The molecule has 4 rings (SSSR count). The number of nitrogens with zero attached hydrogens (tertiary/aromatic N) is 4. The number of benzene rings is 1. The van der Waals surface area contributed by atoms with Crippen LogP contribution in [0.3, 0.4) is 0 Å². The van der Waals surface area contributed by atoms with Crippen molar-refractivity contribution in [2.45, 2.75) is 31.3 Å². The highest BCUT2D eigenvalue weighted by molar-refractivity contribution is 5.46. The predicted molar refractivity (Wildman–Crippen MR) is 101 cm³/mol. The van der Waals surface area contributed by atoms with Gasteiger partial charge < -0.3 is 9.80 Å². The highest BCUT2D eigenvalue weighted by atomic mass is 19.1. The first-order valence-electron chi connectivity index (χ1n) is 9.86. The van der Waals surface area contributed by atoms with Gasteiger partial charge in [-0.15, -0.1) is 0 Å². The molecule has 1 aromatic carbocycles. The SMILES string of the molecule is CN1CCCCC1CN1CC(N2CCN(c3ccc(F)cc3)CC2)C1. The minimum Gasteiger partial charge on any atom is -0.369 e. The van der Waals surface area contributed by atoms with Crippen LogP contribution in [0.4, 0.5) is 10.1 Å². The van der Waals surface area contributed by atoms with Gasteiger partial charge >= 0.3 is 0 Å². The molecule has 138 valence electrons. The van der Waals surface area contributed by atoms with E-state index in [1.807, 2.05) is 12.1 Å². The lowest BCUT2D eigenvalue weighted by Crippen LogP contribution is -2.64. The van der Waals surface area contributed by atoms with Crippen molar-refractivity contribution in [3.63, 3.8) is 0 Å². The molecule has 3 fully saturated rings. The summed E-state index contributed by atoms with van der Waals surface area (Å²) >= 11 is 0. The van der Waals surface area contributed by atoms with E-state index < -0.39 is 0 Å². The van der Waals surface area contributed by atoms with Crippen molar-refractivity contribution >= 4 is 5.69 Å². The molecule has 3 heterocycles. The Kier molecular flexibility index (Phi) is 5.25. The van der Waals surface area contributed by atoms with Gasteiger partial charge in [0.2, 0.25) is 0 Å². The summed E-state index contributed by atoms with van der Waals surface area (Å²) in [5.41, 5.74) is 1.15. The molecule has 3 aliphatic rings. The molecule has 0 aliphatic carbocycles. The quantitative estimate of drug-likeness (QED) is 0.828. The average Bonchev–Trinajstić information content (AvgIpc) is 2.60. The fourth-order valence-electron chi connectivity index (χ4n) is 4.59. The van der Waals surface area contributed by atoms with Gasteiger partial charge in [-0.2, -0.15) is 0 Å². The van der Waals surface area contributed by atoms with Crippen LogP contribution in [0.2, 0.25) is 0 Å². The maximum absolute atomic E-state index is 13.1. The summed E-state index contributed by atoms with van der Waals surface area (Å²) in [5.74, 6) is -0.152. The Morgan fingerprint density at radius 2 is 1.68 bits per heavy atom. The monoisotopic (exact) mass is 346 g/mol. The van der Waals surface area contributed by atoms with Gasteiger partial charge in [0.15, 0.2) is 0 Å². The third-order valence-electron chi connectivity index (χ3n) is 6.35. The van der Waals surface area contributed by atoms with E-state index in [0.717, 1.165) is 44.0 Å². The molecule has 0 radical (unpaired) electrons. The van der Waals surface area contributed by atoms with Gasteiger partial charge in [-0.05, 0) is 50.7 Å².